The molecule has 3 aromatic rings. The second kappa shape index (κ2) is 6.05. The lowest BCUT2D eigenvalue weighted by atomic mass is 10.3. The van der Waals surface area contributed by atoms with E-state index in [0.29, 0.717) is 19.1 Å². The number of carbonyl (C=O) groups excluding carboxylic acids is 1. The Labute approximate surface area is 145 Å². The van der Waals surface area contributed by atoms with Gasteiger partial charge in [0, 0.05) is 0 Å². The van der Waals surface area contributed by atoms with Crippen LogP contribution in [-0.4, -0.2) is 16.1 Å². The molecule has 3 heterocycles. The van der Waals surface area contributed by atoms with Gasteiger partial charge in [0.1, 0.15) is 4.34 Å². The van der Waals surface area contributed by atoms with Gasteiger partial charge in [0.25, 0.3) is 11.8 Å². The molecule has 0 aromatic carbocycles. The minimum Gasteiger partial charge on any atom is -0.403 e. The standard InChI is InChI=1S/C11H4BrCl2N3O2S2/c12-6-2-1-5(20-6)9(18)15-11-17-16-10(19-11)4-3-7(13)21-8(4)14/h1-3H,(H,15,17,18). The molecule has 0 saturated carbocycles. The van der Waals surface area contributed by atoms with E-state index in [-0.39, 0.29) is 17.8 Å². The molecule has 0 aliphatic carbocycles. The highest BCUT2D eigenvalue weighted by Crippen LogP contribution is 2.37. The Bertz CT molecular complexity index is 814. The highest BCUT2D eigenvalue weighted by molar-refractivity contribution is 9.11. The third-order valence-electron chi connectivity index (χ3n) is 2.33. The summed E-state index contributed by atoms with van der Waals surface area (Å²) in [5.41, 5.74) is 0.540. The van der Waals surface area contributed by atoms with Crippen LogP contribution >= 0.6 is 61.8 Å². The molecular weight excluding hydrogens is 421 g/mol. The van der Waals surface area contributed by atoms with Crippen molar-refractivity contribution in [3.8, 4) is 11.5 Å². The maximum atomic E-state index is 11.9. The first-order valence-electron chi connectivity index (χ1n) is 5.38. The Hall–Kier alpha value is -0.930. The average molecular weight is 425 g/mol. The molecule has 1 N–H and O–H groups in total. The number of nitrogens with one attached hydrogen (secondary N) is 1. The molecular formula is C11H4BrCl2N3O2S2. The number of amides is 1. The van der Waals surface area contributed by atoms with E-state index in [4.69, 9.17) is 27.6 Å². The van der Waals surface area contributed by atoms with Gasteiger partial charge in [-0.15, -0.1) is 27.8 Å². The molecule has 10 heteroatoms. The van der Waals surface area contributed by atoms with Crippen LogP contribution in [0.15, 0.2) is 26.4 Å². The number of halogens is 3. The largest absolute Gasteiger partial charge is 0.403 e. The molecule has 0 atom stereocenters. The van der Waals surface area contributed by atoms with Crippen molar-refractivity contribution in [3.05, 3.63) is 35.5 Å². The van der Waals surface area contributed by atoms with Gasteiger partial charge >= 0.3 is 6.01 Å². The van der Waals surface area contributed by atoms with Crippen molar-refractivity contribution in [2.75, 3.05) is 5.32 Å². The Kier molecular flexibility index (Phi) is 4.32. The first kappa shape index (κ1) is 15.0. The number of aromatic nitrogens is 2. The van der Waals surface area contributed by atoms with Gasteiger partial charge in [-0.2, -0.15) is 0 Å². The second-order valence-electron chi connectivity index (χ2n) is 3.71. The zero-order chi connectivity index (χ0) is 15.0. The molecule has 108 valence electrons. The lowest BCUT2D eigenvalue weighted by Gasteiger charge is -1.96. The van der Waals surface area contributed by atoms with Gasteiger partial charge in [0.15, 0.2) is 0 Å². The number of hydrogen-bond donors (Lipinski definition) is 1. The summed E-state index contributed by atoms with van der Waals surface area (Å²) >= 11 is 17.7. The zero-order valence-corrected chi connectivity index (χ0v) is 14.6. The summed E-state index contributed by atoms with van der Waals surface area (Å²) in [6, 6.07) is 5.10. The minimum absolute atomic E-state index is 0.00193. The highest BCUT2D eigenvalue weighted by atomic mass is 79.9. The number of nitrogens with zero attached hydrogens (tertiary/aromatic N) is 2. The summed E-state index contributed by atoms with van der Waals surface area (Å²) in [6.45, 7) is 0. The van der Waals surface area contributed by atoms with E-state index >= 15 is 0 Å². The fraction of sp³-hybridized carbons (Fsp3) is 0. The number of anilines is 1. The van der Waals surface area contributed by atoms with Gasteiger partial charge in [-0.25, -0.2) is 0 Å². The topological polar surface area (TPSA) is 68.0 Å². The van der Waals surface area contributed by atoms with Crippen LogP contribution < -0.4 is 5.32 Å². The van der Waals surface area contributed by atoms with E-state index in [1.165, 1.54) is 22.7 Å². The molecule has 21 heavy (non-hydrogen) atoms. The maximum absolute atomic E-state index is 11.9. The van der Waals surface area contributed by atoms with Crippen molar-refractivity contribution in [2.24, 2.45) is 0 Å². The Balaban J connectivity index is 1.79. The Morgan fingerprint density at radius 1 is 1.29 bits per heavy atom. The quantitative estimate of drug-likeness (QED) is 0.628. The van der Waals surface area contributed by atoms with Crippen LogP contribution in [0.4, 0.5) is 6.01 Å². The molecule has 5 nitrogen and oxygen atoms in total. The lowest BCUT2D eigenvalue weighted by Crippen LogP contribution is -2.10. The Morgan fingerprint density at radius 3 is 2.71 bits per heavy atom. The van der Waals surface area contributed by atoms with Crippen molar-refractivity contribution in [2.45, 2.75) is 0 Å². The monoisotopic (exact) mass is 423 g/mol. The van der Waals surface area contributed by atoms with Crippen LogP contribution in [0.2, 0.25) is 8.67 Å². The molecule has 0 aliphatic heterocycles. The van der Waals surface area contributed by atoms with E-state index in [2.05, 4.69) is 31.4 Å². The van der Waals surface area contributed by atoms with Gasteiger partial charge in [-0.3, -0.25) is 10.1 Å². The fourth-order valence-electron chi connectivity index (χ4n) is 1.46. The molecule has 0 saturated heterocycles. The summed E-state index contributed by atoms with van der Waals surface area (Å²) in [4.78, 5) is 12.5. The first-order valence-corrected chi connectivity index (χ1v) is 8.56. The molecule has 3 aromatic heterocycles. The van der Waals surface area contributed by atoms with Crippen molar-refractivity contribution in [1.82, 2.24) is 10.2 Å². The smallest absolute Gasteiger partial charge is 0.322 e. The van der Waals surface area contributed by atoms with Crippen LogP contribution in [0.5, 0.6) is 0 Å². The molecule has 3 rings (SSSR count). The van der Waals surface area contributed by atoms with Gasteiger partial charge in [-0.1, -0.05) is 28.3 Å². The summed E-state index contributed by atoms with van der Waals surface area (Å²) in [5.74, 6) is -0.124. The first-order chi connectivity index (χ1) is 10.0. The molecule has 0 fully saturated rings. The number of carbonyl (C=O) groups is 1. The van der Waals surface area contributed by atoms with Crippen molar-refractivity contribution in [1.29, 1.82) is 0 Å². The molecule has 0 bridgehead atoms. The van der Waals surface area contributed by atoms with Crippen LogP contribution in [0.1, 0.15) is 9.67 Å². The maximum Gasteiger partial charge on any atom is 0.322 e. The number of hydrogen-bond acceptors (Lipinski definition) is 6. The minimum atomic E-state index is -0.324. The van der Waals surface area contributed by atoms with E-state index in [9.17, 15) is 4.79 Å². The predicted molar refractivity (Wildman–Crippen MR) is 87.6 cm³/mol. The van der Waals surface area contributed by atoms with E-state index < -0.39 is 0 Å². The molecule has 0 unspecified atom stereocenters. The lowest BCUT2D eigenvalue weighted by molar-refractivity contribution is 0.102. The number of thiophene rings is 2. The summed E-state index contributed by atoms with van der Waals surface area (Å²) in [6.07, 6.45) is 0. The van der Waals surface area contributed by atoms with Gasteiger partial charge in [-0.05, 0) is 34.1 Å². The normalized spacial score (nSPS) is 10.8. The van der Waals surface area contributed by atoms with Crippen LogP contribution in [0.3, 0.4) is 0 Å². The third-order valence-corrected chi connectivity index (χ3v) is 5.44. The SMILES string of the molecule is O=C(Nc1nnc(-c2cc(Cl)sc2Cl)o1)c1ccc(Br)s1. The summed E-state index contributed by atoms with van der Waals surface area (Å²) in [7, 11) is 0. The van der Waals surface area contributed by atoms with Crippen molar-refractivity contribution < 1.29 is 9.21 Å². The predicted octanol–water partition coefficient (Wildman–Crippen LogP) is 5.18. The average Bonchev–Trinajstić information content (AvgIpc) is 3.10. The second-order valence-corrected chi connectivity index (χ2v) is 8.46. The third kappa shape index (κ3) is 3.29. The molecule has 0 aliphatic rings. The Morgan fingerprint density at radius 2 is 2.10 bits per heavy atom. The summed E-state index contributed by atoms with van der Waals surface area (Å²) in [5, 5.41) is 10.1. The molecule has 1 amide bonds. The van der Waals surface area contributed by atoms with E-state index in [1.54, 1.807) is 18.2 Å². The zero-order valence-electron chi connectivity index (χ0n) is 9.89. The summed E-state index contributed by atoms with van der Waals surface area (Å²) < 4.78 is 7.19. The van der Waals surface area contributed by atoms with Gasteiger partial charge in [0.2, 0.25) is 0 Å². The van der Waals surface area contributed by atoms with Crippen LogP contribution in [0.25, 0.3) is 11.5 Å². The fourth-order valence-corrected chi connectivity index (χ4v) is 4.19. The van der Waals surface area contributed by atoms with Crippen LogP contribution in [0, 0.1) is 0 Å². The van der Waals surface area contributed by atoms with Crippen LogP contribution in [-0.2, 0) is 0 Å². The van der Waals surface area contributed by atoms with E-state index in [0.717, 1.165) is 3.79 Å². The molecule has 0 spiro atoms. The van der Waals surface area contributed by atoms with Crippen molar-refractivity contribution in [3.63, 3.8) is 0 Å². The number of rotatable bonds is 3. The van der Waals surface area contributed by atoms with Gasteiger partial charge in [0.05, 0.1) is 18.6 Å². The van der Waals surface area contributed by atoms with E-state index in [1.807, 2.05) is 0 Å². The molecule has 0 radical (unpaired) electrons. The van der Waals surface area contributed by atoms with Gasteiger partial charge < -0.3 is 4.42 Å². The van der Waals surface area contributed by atoms with Crippen molar-refractivity contribution >= 4 is 73.7 Å². The highest BCUT2D eigenvalue weighted by Gasteiger charge is 2.17.